The Hall–Kier alpha value is -2.13. The zero-order chi connectivity index (χ0) is 22.0. The largest absolute Gasteiger partial charge is 0.383 e. The first kappa shape index (κ1) is 24.5. The van der Waals surface area contributed by atoms with Crippen molar-refractivity contribution in [1.29, 1.82) is 0 Å². The Morgan fingerprint density at radius 1 is 1.19 bits per heavy atom. The van der Waals surface area contributed by atoms with Gasteiger partial charge in [0, 0.05) is 46.5 Å². The Bertz CT molecular complexity index is 1220. The zero-order valence-corrected chi connectivity index (χ0v) is 20.6. The van der Waals surface area contributed by atoms with Crippen molar-refractivity contribution in [2.75, 3.05) is 18.4 Å². The highest BCUT2D eigenvalue weighted by Gasteiger charge is 2.36. The number of hydrogen-bond acceptors (Lipinski definition) is 5. The second-order valence-electron chi connectivity index (χ2n) is 7.79. The number of pyridine rings is 1. The summed E-state index contributed by atoms with van der Waals surface area (Å²) in [4.78, 5) is 15.8. The average Bonchev–Trinajstić information content (AvgIpc) is 3.44. The standard InChI is InChI=1S/C23H27N3O3S2.ClH/c1-3-17-14-20(16(2)25-23(17)27)21-11-12-22(30-21)31(28,29)26-13-7-10-19(26)15-24-18-8-5-4-6-9-18;/h4-6,8-9,11-12,14,19,24H,3,7,10,13,15H2,1-2H3,(H,25,27);1H. The number of thiophene rings is 1. The van der Waals surface area contributed by atoms with Gasteiger partial charge in [-0.05, 0) is 56.5 Å². The van der Waals surface area contributed by atoms with Crippen LogP contribution in [0.2, 0.25) is 0 Å². The number of hydrogen-bond donors (Lipinski definition) is 2. The van der Waals surface area contributed by atoms with Crippen molar-refractivity contribution in [2.24, 2.45) is 0 Å². The van der Waals surface area contributed by atoms with E-state index in [1.54, 1.807) is 10.4 Å². The number of H-pyrrole nitrogens is 1. The highest BCUT2D eigenvalue weighted by atomic mass is 35.5. The summed E-state index contributed by atoms with van der Waals surface area (Å²) in [6, 6.07) is 15.2. The summed E-state index contributed by atoms with van der Waals surface area (Å²) in [5, 5.41) is 3.36. The van der Waals surface area contributed by atoms with E-state index < -0.39 is 10.0 Å². The smallest absolute Gasteiger partial charge is 0.252 e. The van der Waals surface area contributed by atoms with Gasteiger partial charge in [-0.25, -0.2) is 8.42 Å². The summed E-state index contributed by atoms with van der Waals surface area (Å²) in [6.07, 6.45) is 2.33. The number of sulfonamides is 1. The maximum atomic E-state index is 13.4. The number of para-hydroxylation sites is 1. The lowest BCUT2D eigenvalue weighted by Crippen LogP contribution is -2.39. The summed E-state index contributed by atoms with van der Waals surface area (Å²) >= 11 is 1.26. The van der Waals surface area contributed by atoms with Crippen molar-refractivity contribution in [3.63, 3.8) is 0 Å². The van der Waals surface area contributed by atoms with E-state index in [1.807, 2.05) is 56.3 Å². The second-order valence-corrected chi connectivity index (χ2v) is 11.0. The molecule has 1 unspecified atom stereocenters. The van der Waals surface area contributed by atoms with Crippen molar-refractivity contribution in [3.8, 4) is 10.4 Å². The van der Waals surface area contributed by atoms with Gasteiger partial charge in [0.1, 0.15) is 4.21 Å². The predicted molar refractivity (Wildman–Crippen MR) is 134 cm³/mol. The molecular formula is C23H28ClN3O3S2. The number of aryl methyl sites for hydroxylation is 2. The molecular weight excluding hydrogens is 466 g/mol. The van der Waals surface area contributed by atoms with Crippen LogP contribution in [0.1, 0.15) is 31.0 Å². The topological polar surface area (TPSA) is 82.3 Å². The van der Waals surface area contributed by atoms with Crippen LogP contribution in [0.4, 0.5) is 5.69 Å². The normalized spacial score (nSPS) is 16.6. The molecule has 2 N–H and O–H groups in total. The van der Waals surface area contributed by atoms with Crippen molar-refractivity contribution in [1.82, 2.24) is 9.29 Å². The fraction of sp³-hybridized carbons (Fsp3) is 0.348. The summed E-state index contributed by atoms with van der Waals surface area (Å²) in [5.41, 5.74) is 3.24. The number of aromatic amines is 1. The van der Waals surface area contributed by atoms with Crippen molar-refractivity contribution < 1.29 is 8.42 Å². The van der Waals surface area contributed by atoms with Gasteiger partial charge in [0.05, 0.1) is 0 Å². The molecule has 0 radical (unpaired) electrons. The maximum absolute atomic E-state index is 13.4. The molecule has 6 nitrogen and oxygen atoms in total. The third kappa shape index (κ3) is 4.93. The average molecular weight is 494 g/mol. The Kier molecular flexibility index (Phi) is 7.82. The molecule has 172 valence electrons. The molecule has 1 aromatic carbocycles. The van der Waals surface area contributed by atoms with Gasteiger partial charge in [0.15, 0.2) is 0 Å². The van der Waals surface area contributed by atoms with Crippen LogP contribution in [0, 0.1) is 6.92 Å². The fourth-order valence-corrected chi connectivity index (χ4v) is 7.23. The summed E-state index contributed by atoms with van der Waals surface area (Å²) < 4.78 is 28.8. The van der Waals surface area contributed by atoms with Gasteiger partial charge in [-0.1, -0.05) is 25.1 Å². The summed E-state index contributed by atoms with van der Waals surface area (Å²) in [6.45, 7) is 4.90. The molecule has 2 aromatic heterocycles. The monoisotopic (exact) mass is 493 g/mol. The molecule has 1 aliphatic heterocycles. The van der Waals surface area contributed by atoms with Crippen LogP contribution in [0.15, 0.2) is 57.5 Å². The Balaban J connectivity index is 0.00000289. The lowest BCUT2D eigenvalue weighted by atomic mass is 10.1. The molecule has 0 amide bonds. The molecule has 3 aromatic rings. The number of rotatable bonds is 7. The number of aromatic nitrogens is 1. The first-order valence-electron chi connectivity index (χ1n) is 10.5. The first-order valence-corrected chi connectivity index (χ1v) is 12.8. The van der Waals surface area contributed by atoms with E-state index in [-0.39, 0.29) is 24.0 Å². The number of halogens is 1. The molecule has 1 fully saturated rings. The zero-order valence-electron chi connectivity index (χ0n) is 18.1. The fourth-order valence-electron chi connectivity index (χ4n) is 4.02. The Morgan fingerprint density at radius 3 is 2.66 bits per heavy atom. The predicted octanol–water partition coefficient (Wildman–Crippen LogP) is 4.66. The SMILES string of the molecule is CCc1cc(-c2ccc(S(=O)(=O)N3CCCC3CNc3ccccc3)s2)c(C)[nH]c1=O.Cl. The minimum Gasteiger partial charge on any atom is -0.383 e. The van der Waals surface area contributed by atoms with Gasteiger partial charge < -0.3 is 10.3 Å². The molecule has 0 spiro atoms. The van der Waals surface area contributed by atoms with Gasteiger partial charge in [-0.3, -0.25) is 4.79 Å². The van der Waals surface area contributed by atoms with E-state index in [2.05, 4.69) is 10.3 Å². The van der Waals surface area contributed by atoms with Gasteiger partial charge in [-0.15, -0.1) is 23.7 Å². The van der Waals surface area contributed by atoms with Crippen LogP contribution in [0.3, 0.4) is 0 Å². The highest BCUT2D eigenvalue weighted by molar-refractivity contribution is 7.91. The van der Waals surface area contributed by atoms with Crippen LogP contribution in [-0.2, 0) is 16.4 Å². The third-order valence-corrected chi connectivity index (χ3v) is 9.28. The number of benzene rings is 1. The van der Waals surface area contributed by atoms with Crippen molar-refractivity contribution in [2.45, 2.75) is 43.4 Å². The van der Waals surface area contributed by atoms with Crippen molar-refractivity contribution in [3.05, 3.63) is 70.1 Å². The van der Waals surface area contributed by atoms with Gasteiger partial charge in [0.2, 0.25) is 0 Å². The van der Waals surface area contributed by atoms with Gasteiger partial charge in [0.25, 0.3) is 15.6 Å². The summed E-state index contributed by atoms with van der Waals surface area (Å²) in [5.74, 6) is 0. The van der Waals surface area contributed by atoms with Crippen LogP contribution in [-0.4, -0.2) is 36.8 Å². The number of nitrogens with zero attached hydrogens (tertiary/aromatic N) is 1. The van der Waals surface area contributed by atoms with Crippen LogP contribution >= 0.6 is 23.7 Å². The molecule has 0 aliphatic carbocycles. The molecule has 0 bridgehead atoms. The lowest BCUT2D eigenvalue weighted by molar-refractivity contribution is 0.400. The van der Waals surface area contributed by atoms with E-state index in [4.69, 9.17) is 0 Å². The van der Waals surface area contributed by atoms with Gasteiger partial charge in [-0.2, -0.15) is 4.31 Å². The molecule has 1 saturated heterocycles. The minimum atomic E-state index is -3.58. The minimum absolute atomic E-state index is 0. The highest BCUT2D eigenvalue weighted by Crippen LogP contribution is 2.35. The van der Waals surface area contributed by atoms with Gasteiger partial charge >= 0.3 is 0 Å². The van der Waals surface area contributed by atoms with Crippen molar-refractivity contribution >= 4 is 39.5 Å². The lowest BCUT2D eigenvalue weighted by Gasteiger charge is -2.24. The van der Waals surface area contributed by atoms with E-state index >= 15 is 0 Å². The number of nitrogens with one attached hydrogen (secondary N) is 2. The Labute approximate surface area is 199 Å². The third-order valence-electron chi connectivity index (χ3n) is 5.74. The van der Waals surface area contributed by atoms with Crippen LogP contribution in [0.25, 0.3) is 10.4 Å². The molecule has 3 heterocycles. The molecule has 0 saturated carbocycles. The van der Waals surface area contributed by atoms with E-state index in [9.17, 15) is 13.2 Å². The Morgan fingerprint density at radius 2 is 1.94 bits per heavy atom. The second kappa shape index (κ2) is 10.2. The number of anilines is 1. The first-order chi connectivity index (χ1) is 14.9. The quantitative estimate of drug-likeness (QED) is 0.501. The molecule has 9 heteroatoms. The molecule has 32 heavy (non-hydrogen) atoms. The van der Waals surface area contributed by atoms with Crippen LogP contribution in [0.5, 0.6) is 0 Å². The van der Waals surface area contributed by atoms with Crippen LogP contribution < -0.4 is 10.9 Å². The van der Waals surface area contributed by atoms with E-state index in [1.165, 1.54) is 11.3 Å². The summed E-state index contributed by atoms with van der Waals surface area (Å²) in [7, 11) is -3.58. The van der Waals surface area contributed by atoms with E-state index in [0.29, 0.717) is 29.3 Å². The molecule has 4 rings (SSSR count). The molecule has 1 aliphatic rings. The molecule has 1 atom stereocenters. The maximum Gasteiger partial charge on any atom is 0.252 e. The van der Waals surface area contributed by atoms with E-state index in [0.717, 1.165) is 34.7 Å².